The maximum atomic E-state index is 11.8. The molecule has 1 saturated heterocycles. The van der Waals surface area contributed by atoms with Gasteiger partial charge in [-0.25, -0.2) is 4.98 Å². The quantitative estimate of drug-likeness (QED) is 0.468. The van der Waals surface area contributed by atoms with Crippen molar-refractivity contribution in [2.45, 2.75) is 31.7 Å². The van der Waals surface area contributed by atoms with Gasteiger partial charge in [0.25, 0.3) is 0 Å². The van der Waals surface area contributed by atoms with Gasteiger partial charge in [0.15, 0.2) is 5.65 Å². The van der Waals surface area contributed by atoms with Gasteiger partial charge in [0.1, 0.15) is 12.3 Å². The highest BCUT2D eigenvalue weighted by Gasteiger charge is 2.25. The Morgan fingerprint density at radius 1 is 1.14 bits per heavy atom. The van der Waals surface area contributed by atoms with Gasteiger partial charge in [-0.1, -0.05) is 36.4 Å². The van der Waals surface area contributed by atoms with Gasteiger partial charge in [-0.2, -0.15) is 9.61 Å². The zero-order valence-electron chi connectivity index (χ0n) is 19.5. The Balaban J connectivity index is 1.28. The molecule has 0 radical (unpaired) electrons. The molecule has 1 unspecified atom stereocenters. The first-order valence-electron chi connectivity index (χ1n) is 12.2. The van der Waals surface area contributed by atoms with Gasteiger partial charge in [-0.3, -0.25) is 9.79 Å². The van der Waals surface area contributed by atoms with Crippen LogP contribution in [0.25, 0.3) is 22.3 Å². The molecule has 2 aliphatic heterocycles. The van der Waals surface area contributed by atoms with Crippen molar-refractivity contribution in [1.29, 1.82) is 0 Å². The topological polar surface area (TPSA) is 98.9 Å². The number of benzene rings is 1. The number of aliphatic hydroxyl groups is 1. The highest BCUT2D eigenvalue weighted by Crippen LogP contribution is 2.31. The highest BCUT2D eigenvalue weighted by molar-refractivity contribution is 6.12. The number of allylic oxidation sites excluding steroid dienone is 1. The number of fused-ring (bicyclic) bond motifs is 3. The number of rotatable bonds is 5. The third-order valence-corrected chi connectivity index (χ3v) is 7.27. The van der Waals surface area contributed by atoms with E-state index >= 15 is 0 Å². The number of aromatic nitrogens is 4. The van der Waals surface area contributed by atoms with Gasteiger partial charge >= 0.3 is 0 Å². The van der Waals surface area contributed by atoms with Crippen LogP contribution in [0.4, 0.5) is 0 Å². The predicted molar refractivity (Wildman–Crippen MR) is 135 cm³/mol. The Morgan fingerprint density at radius 3 is 2.71 bits per heavy atom. The van der Waals surface area contributed by atoms with Gasteiger partial charge in [0, 0.05) is 42.0 Å². The molecule has 0 aliphatic carbocycles. The number of dihydropyridines is 1. The fourth-order valence-corrected chi connectivity index (χ4v) is 5.29. The first kappa shape index (κ1) is 21.7. The van der Waals surface area contributed by atoms with Gasteiger partial charge in [-0.05, 0) is 43.2 Å². The Hall–Kier alpha value is -3.78. The minimum Gasteiger partial charge on any atom is -0.387 e. The van der Waals surface area contributed by atoms with Gasteiger partial charge in [0.2, 0.25) is 5.91 Å². The molecule has 1 amide bonds. The van der Waals surface area contributed by atoms with Crippen molar-refractivity contribution in [2.24, 2.45) is 10.9 Å². The smallest absolute Gasteiger partial charge is 0.248 e. The monoisotopic (exact) mass is 468 g/mol. The van der Waals surface area contributed by atoms with Gasteiger partial charge in [0.05, 0.1) is 17.9 Å². The number of carbonyl (C=O) groups excluding carboxylic acids is 1. The standard InChI is InChI=1S/C27H28N6O2/c34-17-25(35)32-12-9-18(10-13-32)14-24-21-8-11-28-26(21)33-27(31-24)22(16-30-33)20-6-7-23(29-15-20)19-4-2-1-3-5-19/h1-6,8,11,15-16,18,23,28,34H,7,9-10,12-14,17H2. The summed E-state index contributed by atoms with van der Waals surface area (Å²) in [4.78, 5) is 26.8. The average Bonchev–Trinajstić information content (AvgIpc) is 3.57. The third-order valence-electron chi connectivity index (χ3n) is 7.27. The minimum atomic E-state index is -0.415. The van der Waals surface area contributed by atoms with Gasteiger partial charge < -0.3 is 15.0 Å². The molecule has 8 nitrogen and oxygen atoms in total. The largest absolute Gasteiger partial charge is 0.387 e. The zero-order chi connectivity index (χ0) is 23.8. The normalized spacial score (nSPS) is 18.9. The van der Waals surface area contributed by atoms with E-state index in [1.165, 1.54) is 5.56 Å². The molecule has 1 fully saturated rings. The molecule has 0 saturated carbocycles. The van der Waals surface area contributed by atoms with Crippen LogP contribution in [0.1, 0.15) is 42.1 Å². The second-order valence-electron chi connectivity index (χ2n) is 9.38. The molecule has 4 aromatic rings. The number of aliphatic imine (C=N–C) groups is 1. The van der Waals surface area contributed by atoms with E-state index in [-0.39, 0.29) is 11.9 Å². The van der Waals surface area contributed by atoms with Crippen LogP contribution in [0.15, 0.2) is 59.9 Å². The molecular weight excluding hydrogens is 440 g/mol. The molecule has 178 valence electrons. The molecule has 6 rings (SSSR count). The van der Waals surface area contributed by atoms with Crippen molar-refractivity contribution in [1.82, 2.24) is 24.5 Å². The number of hydrogen-bond donors (Lipinski definition) is 2. The molecule has 2 aliphatic rings. The molecule has 1 atom stereocenters. The van der Waals surface area contributed by atoms with Crippen molar-refractivity contribution in [3.63, 3.8) is 0 Å². The molecule has 3 aromatic heterocycles. The van der Waals surface area contributed by atoms with Crippen LogP contribution in [0, 0.1) is 5.92 Å². The summed E-state index contributed by atoms with van der Waals surface area (Å²) in [5.41, 5.74) is 6.09. The summed E-state index contributed by atoms with van der Waals surface area (Å²) in [6, 6.07) is 12.6. The van der Waals surface area contributed by atoms with E-state index in [9.17, 15) is 4.79 Å². The fourth-order valence-electron chi connectivity index (χ4n) is 5.29. The molecule has 0 bridgehead atoms. The number of nitrogens with one attached hydrogen (secondary N) is 1. The SMILES string of the molecule is O=C(CO)N1CCC(Cc2nc3c(C4=CCC(c5ccccc5)N=C4)cnn3c3[nH]ccc23)CC1. The number of aliphatic hydroxyl groups excluding tert-OH is 1. The lowest BCUT2D eigenvalue weighted by Crippen LogP contribution is -2.40. The Kier molecular flexibility index (Phi) is 5.66. The lowest BCUT2D eigenvalue weighted by atomic mass is 9.91. The Bertz CT molecular complexity index is 1430. The number of piperidine rings is 1. The number of likely N-dealkylation sites (tertiary alicyclic amines) is 1. The van der Waals surface area contributed by atoms with Gasteiger partial charge in [-0.15, -0.1) is 0 Å². The number of H-pyrrole nitrogens is 1. The van der Waals surface area contributed by atoms with Crippen LogP contribution in [-0.2, 0) is 11.2 Å². The van der Waals surface area contributed by atoms with Crippen molar-refractivity contribution in [3.8, 4) is 0 Å². The summed E-state index contributed by atoms with van der Waals surface area (Å²) in [5.74, 6) is 0.260. The van der Waals surface area contributed by atoms with Crippen LogP contribution in [0.2, 0.25) is 0 Å². The van der Waals surface area contributed by atoms with E-state index in [1.54, 1.807) is 4.90 Å². The number of amides is 1. The number of nitrogens with zero attached hydrogens (tertiary/aromatic N) is 5. The van der Waals surface area contributed by atoms with Crippen LogP contribution < -0.4 is 0 Å². The molecule has 2 N–H and O–H groups in total. The maximum absolute atomic E-state index is 11.8. The van der Waals surface area contributed by atoms with Crippen LogP contribution in [0.3, 0.4) is 0 Å². The summed E-state index contributed by atoms with van der Waals surface area (Å²) in [6.07, 6.45) is 11.5. The summed E-state index contributed by atoms with van der Waals surface area (Å²) in [7, 11) is 0. The second kappa shape index (κ2) is 9.11. The molecule has 35 heavy (non-hydrogen) atoms. The summed E-state index contributed by atoms with van der Waals surface area (Å²) < 4.78 is 1.88. The van der Waals surface area contributed by atoms with E-state index in [1.807, 2.05) is 29.2 Å². The van der Waals surface area contributed by atoms with Crippen LogP contribution in [-0.4, -0.2) is 61.4 Å². The summed E-state index contributed by atoms with van der Waals surface area (Å²) in [5, 5.41) is 14.9. The first-order chi connectivity index (χ1) is 17.2. The minimum absolute atomic E-state index is 0.143. The third kappa shape index (κ3) is 4.04. The molecular formula is C27H28N6O2. The summed E-state index contributed by atoms with van der Waals surface area (Å²) >= 11 is 0. The lowest BCUT2D eigenvalue weighted by molar-refractivity contribution is -0.135. The highest BCUT2D eigenvalue weighted by atomic mass is 16.3. The van der Waals surface area contributed by atoms with Crippen molar-refractivity contribution in [2.75, 3.05) is 19.7 Å². The zero-order valence-corrected chi connectivity index (χ0v) is 19.5. The number of carbonyl (C=O) groups is 1. The van der Waals surface area contributed by atoms with Crippen molar-refractivity contribution in [3.05, 3.63) is 71.7 Å². The van der Waals surface area contributed by atoms with Crippen LogP contribution in [0.5, 0.6) is 0 Å². The van der Waals surface area contributed by atoms with Crippen LogP contribution >= 0.6 is 0 Å². The van der Waals surface area contributed by atoms with E-state index in [2.05, 4.69) is 46.5 Å². The average molecular weight is 469 g/mol. The van der Waals surface area contributed by atoms with Crippen molar-refractivity contribution < 1.29 is 9.90 Å². The first-order valence-corrected chi connectivity index (χ1v) is 12.2. The van der Waals surface area contributed by atoms with E-state index in [0.717, 1.165) is 59.2 Å². The molecule has 5 heterocycles. The predicted octanol–water partition coefficient (Wildman–Crippen LogP) is 3.58. The Morgan fingerprint density at radius 2 is 1.97 bits per heavy atom. The lowest BCUT2D eigenvalue weighted by Gasteiger charge is -2.31. The summed E-state index contributed by atoms with van der Waals surface area (Å²) in [6.45, 7) is 0.959. The molecule has 0 spiro atoms. The second-order valence-corrected chi connectivity index (χ2v) is 9.38. The van der Waals surface area contributed by atoms with E-state index < -0.39 is 6.61 Å². The molecule has 8 heteroatoms. The maximum Gasteiger partial charge on any atom is 0.248 e. The fraction of sp³-hybridized carbons (Fsp3) is 0.333. The number of hydrogen-bond acceptors (Lipinski definition) is 5. The van der Waals surface area contributed by atoms with E-state index in [0.29, 0.717) is 19.0 Å². The number of aromatic amines is 1. The van der Waals surface area contributed by atoms with E-state index in [4.69, 9.17) is 15.1 Å². The Labute approximate surface area is 203 Å². The van der Waals surface area contributed by atoms with Crippen molar-refractivity contribution >= 4 is 34.4 Å². The molecule has 1 aromatic carbocycles.